The molecule has 8 aliphatic carbocycles. The number of hydrogen-bond donors (Lipinski definition) is 2. The number of methoxy groups -OCH3 is 1. The lowest BCUT2D eigenvalue weighted by Gasteiger charge is -2.56. The highest BCUT2D eigenvalue weighted by atomic mass is 16.5. The molecule has 0 aliphatic heterocycles. The Balaban J connectivity index is 0.000000153. The Morgan fingerprint density at radius 2 is 1.29 bits per heavy atom. The van der Waals surface area contributed by atoms with Crippen LogP contribution >= 0.6 is 0 Å². The van der Waals surface area contributed by atoms with E-state index in [2.05, 4.69) is 36.0 Å². The summed E-state index contributed by atoms with van der Waals surface area (Å²) in [6.45, 7) is 8.77. The van der Waals surface area contributed by atoms with E-state index in [0.29, 0.717) is 29.7 Å². The van der Waals surface area contributed by atoms with Gasteiger partial charge >= 0.3 is 0 Å². The number of rotatable bonds is 10. The quantitative estimate of drug-likeness (QED) is 0.116. The maximum atomic E-state index is 13.5. The molecule has 8 saturated carbocycles. The van der Waals surface area contributed by atoms with Crippen molar-refractivity contribution in [2.75, 3.05) is 31.0 Å². The molecule has 4 N–H and O–H groups in total. The molecule has 1 aromatic carbocycles. The minimum atomic E-state index is 0.134. The SMILES string of the molecule is CCC1CCC2C(CCC3C2CCC2(C)C(C(=O)Cn4nc5ccncc5n4)CCC32)C1.COCC1CCC2C(CCC3C2CCC2(C)C(C(=O)CN(N)c4ccccc4N)CCC32)C1. The van der Waals surface area contributed by atoms with Crippen molar-refractivity contribution in [2.45, 2.75) is 149 Å². The number of Topliss-reactive ketones (excluding diaryl/α,β-unsaturated/α-hetero) is 2. The minimum Gasteiger partial charge on any atom is -0.397 e. The highest BCUT2D eigenvalue weighted by Crippen LogP contribution is 2.66. The van der Waals surface area contributed by atoms with E-state index < -0.39 is 0 Å². The number of benzene rings is 1. The van der Waals surface area contributed by atoms with Crippen LogP contribution in [0.25, 0.3) is 11.0 Å². The number of ether oxygens (including phenoxy) is 1. The monoisotopic (exact) mass is 888 g/mol. The summed E-state index contributed by atoms with van der Waals surface area (Å²) < 4.78 is 5.48. The van der Waals surface area contributed by atoms with E-state index in [1.165, 1.54) is 109 Å². The van der Waals surface area contributed by atoms with Gasteiger partial charge in [-0.1, -0.05) is 45.7 Å². The van der Waals surface area contributed by atoms with Crippen molar-refractivity contribution in [1.82, 2.24) is 20.0 Å². The van der Waals surface area contributed by atoms with Crippen LogP contribution < -0.4 is 16.6 Å². The van der Waals surface area contributed by atoms with Crippen LogP contribution in [-0.4, -0.2) is 51.8 Å². The van der Waals surface area contributed by atoms with Crippen LogP contribution in [0.5, 0.6) is 0 Å². The number of ketones is 2. The van der Waals surface area contributed by atoms with E-state index in [1.807, 2.05) is 37.4 Å². The molecule has 2 heterocycles. The number of nitrogens with two attached hydrogens (primary N) is 2. The third kappa shape index (κ3) is 8.39. The number of hydrazine groups is 1. The molecular weight excluding hydrogens is 807 g/mol. The Labute approximate surface area is 389 Å². The van der Waals surface area contributed by atoms with Crippen LogP contribution in [-0.2, 0) is 20.9 Å². The van der Waals surface area contributed by atoms with Gasteiger partial charge in [0.25, 0.3) is 0 Å². The molecule has 0 saturated heterocycles. The van der Waals surface area contributed by atoms with Crippen molar-refractivity contribution in [3.63, 3.8) is 0 Å². The standard InChI is InChI=1S/C28H43N3O2.C27H38N4O/c1-28-14-13-21-20-9-7-18(17-33-2)15-19(20)8-10-22(21)23(28)11-12-24(28)27(32)16-31(30)26-6-4-3-5-25(26)29;1-3-17-4-6-19-18(14-17)5-7-21-20(19)10-12-27(2)22(21)8-9-23(27)26(32)16-31-29-24-11-13-28-15-25(24)30-31/h3-6,18-24H,7-17,29-30H2,1-2H3;11,13,15,17-23H,3-10,12,14,16H2,1-2H3. The van der Waals surface area contributed by atoms with Gasteiger partial charge in [0.15, 0.2) is 11.6 Å². The highest BCUT2D eigenvalue weighted by molar-refractivity contribution is 5.87. The number of aromatic nitrogens is 4. The average Bonchev–Trinajstić information content (AvgIpc) is 4.01. The van der Waals surface area contributed by atoms with Crippen molar-refractivity contribution in [3.05, 3.63) is 42.7 Å². The Morgan fingerprint density at radius 3 is 1.91 bits per heavy atom. The fraction of sp³-hybridized carbons (Fsp3) is 0.764. The molecule has 8 aliphatic rings. The molecule has 354 valence electrons. The van der Waals surface area contributed by atoms with Gasteiger partial charge < -0.3 is 15.5 Å². The summed E-state index contributed by atoms with van der Waals surface area (Å²) >= 11 is 0. The topological polar surface area (TPSA) is 142 Å². The van der Waals surface area contributed by atoms with Gasteiger partial charge in [-0.05, 0) is 209 Å². The number of pyridine rings is 1. The highest BCUT2D eigenvalue weighted by Gasteiger charge is 2.60. The van der Waals surface area contributed by atoms with Crippen LogP contribution in [0.2, 0.25) is 0 Å². The zero-order valence-corrected chi connectivity index (χ0v) is 40.3. The summed E-state index contributed by atoms with van der Waals surface area (Å²) in [5, 5.41) is 10.6. The van der Waals surface area contributed by atoms with Crippen molar-refractivity contribution >= 4 is 34.0 Å². The van der Waals surface area contributed by atoms with Gasteiger partial charge in [0.2, 0.25) is 0 Å². The third-order valence-corrected chi connectivity index (χ3v) is 21.0. The molecule has 2 aromatic heterocycles. The summed E-state index contributed by atoms with van der Waals surface area (Å²) in [6, 6.07) is 9.42. The molecule has 65 heavy (non-hydrogen) atoms. The number of anilines is 2. The number of carbonyl (C=O) groups excluding carboxylic acids is 2. The predicted octanol–water partition coefficient (Wildman–Crippen LogP) is 10.7. The molecule has 16 unspecified atom stereocenters. The first-order chi connectivity index (χ1) is 31.5. The van der Waals surface area contributed by atoms with E-state index in [0.717, 1.165) is 101 Å². The van der Waals surface area contributed by atoms with Gasteiger partial charge in [0.1, 0.15) is 17.6 Å². The first-order valence-electron chi connectivity index (χ1n) is 26.5. The van der Waals surface area contributed by atoms with Gasteiger partial charge in [0, 0.05) is 31.7 Å². The van der Waals surface area contributed by atoms with Crippen molar-refractivity contribution in [1.29, 1.82) is 0 Å². The lowest BCUT2D eigenvalue weighted by atomic mass is 9.49. The second-order valence-electron chi connectivity index (χ2n) is 23.7. The maximum Gasteiger partial charge on any atom is 0.159 e. The van der Waals surface area contributed by atoms with Crippen LogP contribution in [0.4, 0.5) is 11.4 Å². The lowest BCUT2D eigenvalue weighted by molar-refractivity contribution is -0.131. The number of nitrogen functional groups attached to an aromatic ring is 1. The lowest BCUT2D eigenvalue weighted by Crippen LogP contribution is -2.50. The number of fused-ring (bicyclic) bond motifs is 11. The van der Waals surface area contributed by atoms with Gasteiger partial charge in [-0.15, -0.1) is 0 Å². The molecule has 16 atom stereocenters. The molecule has 0 spiro atoms. The Kier molecular flexibility index (Phi) is 13.0. The largest absolute Gasteiger partial charge is 0.397 e. The van der Waals surface area contributed by atoms with Crippen molar-refractivity contribution < 1.29 is 14.3 Å². The second-order valence-corrected chi connectivity index (χ2v) is 23.7. The summed E-state index contributed by atoms with van der Waals surface area (Å²) in [4.78, 5) is 32.7. The molecular formula is C55H81N7O3. The van der Waals surface area contributed by atoms with E-state index in [-0.39, 0.29) is 29.2 Å². The van der Waals surface area contributed by atoms with Gasteiger partial charge in [-0.25, -0.2) is 5.84 Å². The van der Waals surface area contributed by atoms with Crippen molar-refractivity contribution in [2.24, 2.45) is 99.5 Å². The normalized spacial score (nSPS) is 40.5. The maximum absolute atomic E-state index is 13.5. The van der Waals surface area contributed by atoms with E-state index >= 15 is 0 Å². The first-order valence-corrected chi connectivity index (χ1v) is 26.5. The zero-order valence-electron chi connectivity index (χ0n) is 40.3. The number of carbonyl (C=O) groups is 2. The van der Waals surface area contributed by atoms with Crippen LogP contribution in [0.3, 0.4) is 0 Å². The predicted molar refractivity (Wildman–Crippen MR) is 258 cm³/mol. The van der Waals surface area contributed by atoms with Gasteiger partial charge in [0.05, 0.1) is 24.1 Å². The molecule has 11 rings (SSSR count). The number of nitrogens with zero attached hydrogens (tertiary/aromatic N) is 5. The average molecular weight is 888 g/mol. The molecule has 0 radical (unpaired) electrons. The summed E-state index contributed by atoms with van der Waals surface area (Å²) in [6.07, 6.45) is 28.7. The van der Waals surface area contributed by atoms with Crippen LogP contribution in [0.15, 0.2) is 42.7 Å². The van der Waals surface area contributed by atoms with Crippen molar-refractivity contribution in [3.8, 4) is 0 Å². The first kappa shape index (κ1) is 45.4. The molecule has 8 fully saturated rings. The van der Waals surface area contributed by atoms with Gasteiger partial charge in [-0.3, -0.25) is 14.6 Å². The summed E-state index contributed by atoms with van der Waals surface area (Å²) in [7, 11) is 1.85. The van der Waals surface area contributed by atoms with Gasteiger partial charge in [-0.2, -0.15) is 15.0 Å². The van der Waals surface area contributed by atoms with E-state index in [4.69, 9.17) is 16.3 Å². The molecule has 0 amide bonds. The smallest absolute Gasteiger partial charge is 0.159 e. The molecule has 3 aromatic rings. The number of hydrogen-bond acceptors (Lipinski definition) is 9. The van der Waals surface area contributed by atoms with Crippen LogP contribution in [0, 0.1) is 93.7 Å². The van der Waals surface area contributed by atoms with E-state index in [1.54, 1.807) is 22.2 Å². The zero-order chi connectivity index (χ0) is 45.0. The molecule has 0 bridgehead atoms. The molecule has 10 heteroatoms. The summed E-state index contributed by atoms with van der Waals surface area (Å²) in [5.41, 5.74) is 9.38. The Morgan fingerprint density at radius 1 is 0.708 bits per heavy atom. The fourth-order valence-electron chi connectivity index (χ4n) is 18.0. The summed E-state index contributed by atoms with van der Waals surface area (Å²) in [5.74, 6) is 17.8. The van der Waals surface area contributed by atoms with Crippen LogP contribution in [0.1, 0.15) is 143 Å². The molecule has 10 nitrogen and oxygen atoms in total. The minimum absolute atomic E-state index is 0.134. The Bertz CT molecular complexity index is 2130. The Hall–Kier alpha value is -3.37. The second kappa shape index (κ2) is 18.6. The fourth-order valence-corrected chi connectivity index (χ4v) is 18.0. The van der Waals surface area contributed by atoms with E-state index in [9.17, 15) is 9.59 Å². The number of para-hydroxylation sites is 2. The third-order valence-electron chi connectivity index (χ3n) is 21.0.